The Bertz CT molecular complexity index is 1130. The van der Waals surface area contributed by atoms with Crippen LogP contribution in [0.5, 0.6) is 0 Å². The molecule has 2 amide bonds. The van der Waals surface area contributed by atoms with Crippen molar-refractivity contribution in [3.05, 3.63) is 69.8 Å². The minimum Gasteiger partial charge on any atom is -0.445 e. The molecule has 0 unspecified atom stereocenters. The Morgan fingerprint density at radius 3 is 2.32 bits per heavy atom. The molecule has 5 rings (SSSR count). The van der Waals surface area contributed by atoms with E-state index in [0.717, 1.165) is 16.5 Å². The molecule has 3 heterocycles. The molecule has 8 heteroatoms. The number of nitrogens with one attached hydrogen (secondary N) is 1. The van der Waals surface area contributed by atoms with Gasteiger partial charge in [-0.15, -0.1) is 0 Å². The summed E-state index contributed by atoms with van der Waals surface area (Å²) in [5, 5.41) is 2.05. The molecule has 3 aromatic rings. The number of aromatic nitrogens is 1. The highest BCUT2D eigenvalue weighted by Crippen LogP contribution is 2.32. The average Bonchev–Trinajstić information content (AvgIpc) is 3.44. The highest BCUT2D eigenvalue weighted by atomic mass is 35.5. The molecule has 0 saturated carbocycles. The second-order valence-corrected chi connectivity index (χ2v) is 9.12. The maximum Gasteiger partial charge on any atom is 0.410 e. The zero-order valence-electron chi connectivity index (χ0n) is 16.7. The lowest BCUT2D eigenvalue weighted by molar-refractivity contribution is 0.0764. The number of hydrogen-bond donors (Lipinski definition) is 1. The topological polar surface area (TPSA) is 65.6 Å². The summed E-state index contributed by atoms with van der Waals surface area (Å²) in [5.74, 6) is 0.589. The summed E-state index contributed by atoms with van der Waals surface area (Å²) in [7, 11) is 0. The molecule has 2 aliphatic heterocycles. The summed E-state index contributed by atoms with van der Waals surface area (Å²) in [6.45, 7) is 2.63. The first-order valence-electron chi connectivity index (χ1n) is 10.2. The fourth-order valence-corrected chi connectivity index (χ4v) is 5.18. The number of carbonyl (C=O) groups excluding carboxylic acids is 2. The second-order valence-electron chi connectivity index (χ2n) is 8.25. The van der Waals surface area contributed by atoms with Gasteiger partial charge in [0.05, 0.1) is 0 Å². The molecule has 1 aromatic heterocycles. The highest BCUT2D eigenvalue weighted by Gasteiger charge is 2.43. The maximum absolute atomic E-state index is 13.0. The summed E-state index contributed by atoms with van der Waals surface area (Å²) in [4.78, 5) is 32.2. The zero-order chi connectivity index (χ0) is 21.5. The van der Waals surface area contributed by atoms with E-state index in [4.69, 9.17) is 27.9 Å². The third kappa shape index (κ3) is 4.10. The first-order valence-corrected chi connectivity index (χ1v) is 10.9. The van der Waals surface area contributed by atoms with Crippen molar-refractivity contribution in [2.24, 2.45) is 11.8 Å². The number of halogens is 2. The van der Waals surface area contributed by atoms with Gasteiger partial charge in [-0.05, 0) is 48.0 Å². The van der Waals surface area contributed by atoms with Crippen LogP contribution in [0.25, 0.3) is 10.9 Å². The Kier molecular flexibility index (Phi) is 5.28. The second kappa shape index (κ2) is 8.09. The summed E-state index contributed by atoms with van der Waals surface area (Å²) < 4.78 is 5.45. The number of hydrogen-bond acceptors (Lipinski definition) is 3. The van der Waals surface area contributed by atoms with Gasteiger partial charge in [-0.2, -0.15) is 0 Å². The van der Waals surface area contributed by atoms with Crippen molar-refractivity contribution in [2.75, 3.05) is 26.2 Å². The number of carbonyl (C=O) groups is 2. The van der Waals surface area contributed by atoms with E-state index in [1.807, 2.05) is 35.4 Å². The van der Waals surface area contributed by atoms with Gasteiger partial charge in [-0.3, -0.25) is 4.79 Å². The lowest BCUT2D eigenvalue weighted by Crippen LogP contribution is -2.35. The van der Waals surface area contributed by atoms with E-state index in [-0.39, 0.29) is 30.4 Å². The van der Waals surface area contributed by atoms with Crippen LogP contribution in [0.3, 0.4) is 0 Å². The summed E-state index contributed by atoms with van der Waals surface area (Å²) in [5.41, 5.74) is 2.47. The molecule has 2 saturated heterocycles. The van der Waals surface area contributed by atoms with Gasteiger partial charge in [-0.25, -0.2) is 4.79 Å². The zero-order valence-corrected chi connectivity index (χ0v) is 18.2. The van der Waals surface area contributed by atoms with Crippen LogP contribution in [-0.2, 0) is 11.3 Å². The Morgan fingerprint density at radius 2 is 1.61 bits per heavy atom. The van der Waals surface area contributed by atoms with Crippen LogP contribution in [-0.4, -0.2) is 53.0 Å². The van der Waals surface area contributed by atoms with Crippen molar-refractivity contribution in [1.29, 1.82) is 0 Å². The van der Waals surface area contributed by atoms with Gasteiger partial charge >= 0.3 is 6.09 Å². The average molecular weight is 458 g/mol. The van der Waals surface area contributed by atoms with E-state index in [1.165, 1.54) is 0 Å². The summed E-state index contributed by atoms with van der Waals surface area (Å²) >= 11 is 12.0. The number of amides is 2. The fraction of sp³-hybridized carbons (Fsp3) is 0.304. The molecule has 6 nitrogen and oxygen atoms in total. The molecule has 0 aliphatic carbocycles. The number of H-pyrrole nitrogens is 1. The lowest BCUT2D eigenvalue weighted by Gasteiger charge is -2.21. The Labute approximate surface area is 189 Å². The SMILES string of the molecule is O=C(OCc1cc(Cl)cc(Cl)c1)N1C[C@@H]2CN(C(=O)c3ccc4[nH]ccc4c3)C[C@H]2C1. The van der Waals surface area contributed by atoms with Crippen LogP contribution in [0.4, 0.5) is 4.79 Å². The molecule has 2 fully saturated rings. The summed E-state index contributed by atoms with van der Waals surface area (Å²) in [6, 6.07) is 12.8. The van der Waals surface area contributed by atoms with Gasteiger partial charge in [0.25, 0.3) is 5.91 Å². The first kappa shape index (κ1) is 20.2. The fourth-order valence-electron chi connectivity index (χ4n) is 4.61. The highest BCUT2D eigenvalue weighted by molar-refractivity contribution is 6.34. The molecule has 2 atom stereocenters. The van der Waals surface area contributed by atoms with Crippen LogP contribution in [0, 0.1) is 11.8 Å². The monoisotopic (exact) mass is 457 g/mol. The smallest absolute Gasteiger partial charge is 0.410 e. The molecule has 0 radical (unpaired) electrons. The van der Waals surface area contributed by atoms with Crippen LogP contribution in [0.15, 0.2) is 48.7 Å². The maximum atomic E-state index is 13.0. The molecule has 2 aliphatic rings. The third-order valence-corrected chi connectivity index (χ3v) is 6.55. The van der Waals surface area contributed by atoms with Crippen LogP contribution in [0.1, 0.15) is 15.9 Å². The van der Waals surface area contributed by atoms with Gasteiger partial charge < -0.3 is 19.5 Å². The normalized spacial score (nSPS) is 20.3. The number of rotatable bonds is 3. The molecule has 0 spiro atoms. The Hall–Kier alpha value is -2.70. The molecule has 1 N–H and O–H groups in total. The summed E-state index contributed by atoms with van der Waals surface area (Å²) in [6.07, 6.45) is 1.52. The van der Waals surface area contributed by atoms with E-state index in [1.54, 1.807) is 23.1 Å². The van der Waals surface area contributed by atoms with Crippen LogP contribution >= 0.6 is 23.2 Å². The van der Waals surface area contributed by atoms with Crippen molar-refractivity contribution >= 4 is 46.1 Å². The number of ether oxygens (including phenoxy) is 1. The van der Waals surface area contributed by atoms with E-state index >= 15 is 0 Å². The predicted molar refractivity (Wildman–Crippen MR) is 119 cm³/mol. The van der Waals surface area contributed by atoms with Gasteiger partial charge in [0.2, 0.25) is 0 Å². The molecule has 31 heavy (non-hydrogen) atoms. The largest absolute Gasteiger partial charge is 0.445 e. The third-order valence-electron chi connectivity index (χ3n) is 6.12. The molecule has 0 bridgehead atoms. The minimum absolute atomic E-state index is 0.0458. The van der Waals surface area contributed by atoms with Gasteiger partial charge in [0.1, 0.15) is 6.61 Å². The standard InChI is InChI=1S/C23H21Cl2N3O3/c24-19-5-14(6-20(25)8-19)13-31-23(30)28-11-17-9-27(10-18(17)12-28)22(29)16-1-2-21-15(7-16)3-4-26-21/h1-8,17-18,26H,9-13H2/t17-,18-/m0/s1. The van der Waals surface area contributed by atoms with Gasteiger partial charge in [0, 0.05) is 70.7 Å². The van der Waals surface area contributed by atoms with Crippen LogP contribution in [0.2, 0.25) is 10.0 Å². The van der Waals surface area contributed by atoms with Crippen molar-refractivity contribution < 1.29 is 14.3 Å². The number of nitrogens with zero attached hydrogens (tertiary/aromatic N) is 2. The lowest BCUT2D eigenvalue weighted by atomic mass is 10.0. The van der Waals surface area contributed by atoms with Gasteiger partial charge in [0.15, 0.2) is 0 Å². The number of fused-ring (bicyclic) bond motifs is 2. The van der Waals surface area contributed by atoms with Crippen molar-refractivity contribution in [3.63, 3.8) is 0 Å². The number of likely N-dealkylation sites (tertiary alicyclic amines) is 2. The van der Waals surface area contributed by atoms with Crippen LogP contribution < -0.4 is 0 Å². The van der Waals surface area contributed by atoms with Crippen molar-refractivity contribution in [1.82, 2.24) is 14.8 Å². The quantitative estimate of drug-likeness (QED) is 0.613. The predicted octanol–water partition coefficient (Wildman–Crippen LogP) is 4.82. The molecular weight excluding hydrogens is 437 g/mol. The minimum atomic E-state index is -0.346. The first-order chi connectivity index (χ1) is 15.0. The molecule has 160 valence electrons. The molecular formula is C23H21Cl2N3O3. The van der Waals surface area contributed by atoms with E-state index < -0.39 is 0 Å². The van der Waals surface area contributed by atoms with Crippen molar-refractivity contribution in [2.45, 2.75) is 6.61 Å². The number of benzene rings is 2. The molecule has 2 aromatic carbocycles. The van der Waals surface area contributed by atoms with E-state index in [0.29, 0.717) is 41.8 Å². The van der Waals surface area contributed by atoms with E-state index in [2.05, 4.69) is 4.98 Å². The Balaban J connectivity index is 1.16. The number of aromatic amines is 1. The van der Waals surface area contributed by atoms with Crippen molar-refractivity contribution in [3.8, 4) is 0 Å². The Morgan fingerprint density at radius 1 is 0.935 bits per heavy atom. The van der Waals surface area contributed by atoms with E-state index in [9.17, 15) is 9.59 Å². The van der Waals surface area contributed by atoms with Gasteiger partial charge in [-0.1, -0.05) is 23.2 Å².